The molecule has 3 rings (SSSR count). The molecule has 20 heavy (non-hydrogen) atoms. The number of aryl methyl sites for hydroxylation is 1. The number of carbonyl (C=O) groups excluding carboxylic acids is 1. The maximum atomic E-state index is 13.6. The summed E-state index contributed by atoms with van der Waals surface area (Å²) < 4.78 is 15.1. The lowest BCUT2D eigenvalue weighted by Crippen LogP contribution is -2.14. The van der Waals surface area contributed by atoms with Gasteiger partial charge in [-0.2, -0.15) is 5.10 Å². The summed E-state index contributed by atoms with van der Waals surface area (Å²) in [7, 11) is 1.73. The highest BCUT2D eigenvalue weighted by atomic mass is 19.1. The first kappa shape index (κ1) is 12.3. The van der Waals surface area contributed by atoms with E-state index in [4.69, 9.17) is 0 Å². The molecule has 2 heterocycles. The number of benzene rings is 1. The van der Waals surface area contributed by atoms with Gasteiger partial charge in [-0.1, -0.05) is 12.1 Å². The molecule has 5 nitrogen and oxygen atoms in total. The molecule has 0 aliphatic heterocycles. The van der Waals surface area contributed by atoms with Crippen LogP contribution in [0.2, 0.25) is 0 Å². The average Bonchev–Trinajstić information content (AvgIpc) is 2.76. The van der Waals surface area contributed by atoms with Crippen molar-refractivity contribution in [2.45, 2.75) is 0 Å². The highest BCUT2D eigenvalue weighted by Gasteiger charge is 2.15. The van der Waals surface area contributed by atoms with Crippen LogP contribution in [0.1, 0.15) is 10.4 Å². The van der Waals surface area contributed by atoms with Gasteiger partial charge in [-0.3, -0.25) is 4.79 Å². The van der Waals surface area contributed by atoms with Crippen molar-refractivity contribution in [1.82, 2.24) is 14.8 Å². The Hall–Kier alpha value is -2.76. The summed E-state index contributed by atoms with van der Waals surface area (Å²) in [5, 5.41) is 7.50. The lowest BCUT2D eigenvalue weighted by atomic mass is 10.2. The molecule has 2 aromatic heterocycles. The molecular weight excluding hydrogens is 259 g/mol. The van der Waals surface area contributed by atoms with Crippen LogP contribution in [0.5, 0.6) is 0 Å². The molecular formula is C14H11FN4O. The monoisotopic (exact) mass is 270 g/mol. The summed E-state index contributed by atoms with van der Waals surface area (Å²) in [6.07, 6.45) is 1.65. The fraction of sp³-hybridized carbons (Fsp3) is 0.0714. The van der Waals surface area contributed by atoms with E-state index in [1.807, 2.05) is 0 Å². The molecule has 0 atom stereocenters. The number of fused-ring (bicyclic) bond motifs is 1. The van der Waals surface area contributed by atoms with Gasteiger partial charge >= 0.3 is 0 Å². The van der Waals surface area contributed by atoms with Crippen molar-refractivity contribution in [2.75, 3.05) is 5.32 Å². The SMILES string of the molecule is Cn1nc(NC(=O)c2ccccc2F)c2cccnc21. The highest BCUT2D eigenvalue weighted by molar-refractivity contribution is 6.07. The van der Waals surface area contributed by atoms with E-state index in [1.165, 1.54) is 18.2 Å². The van der Waals surface area contributed by atoms with Crippen LogP contribution in [0.4, 0.5) is 10.2 Å². The third-order valence-electron chi connectivity index (χ3n) is 2.95. The minimum absolute atomic E-state index is 0.0183. The maximum Gasteiger partial charge on any atom is 0.259 e. The van der Waals surface area contributed by atoms with Gasteiger partial charge in [-0.05, 0) is 24.3 Å². The van der Waals surface area contributed by atoms with Gasteiger partial charge in [-0.15, -0.1) is 0 Å². The summed E-state index contributed by atoms with van der Waals surface area (Å²) in [5.41, 5.74) is 0.631. The smallest absolute Gasteiger partial charge is 0.259 e. The Morgan fingerprint density at radius 2 is 2.05 bits per heavy atom. The third kappa shape index (κ3) is 2.01. The first-order valence-corrected chi connectivity index (χ1v) is 6.00. The Kier molecular flexibility index (Phi) is 2.90. The number of halogens is 1. The first-order chi connectivity index (χ1) is 9.66. The van der Waals surface area contributed by atoms with Gasteiger partial charge in [-0.25, -0.2) is 14.1 Å². The zero-order chi connectivity index (χ0) is 14.1. The van der Waals surface area contributed by atoms with Crippen LogP contribution in [-0.4, -0.2) is 20.7 Å². The van der Waals surface area contributed by atoms with Crippen molar-refractivity contribution < 1.29 is 9.18 Å². The summed E-state index contributed by atoms with van der Waals surface area (Å²) >= 11 is 0. The van der Waals surface area contributed by atoms with Crippen LogP contribution in [-0.2, 0) is 7.05 Å². The molecule has 1 N–H and O–H groups in total. The topological polar surface area (TPSA) is 59.8 Å². The van der Waals surface area contributed by atoms with E-state index in [-0.39, 0.29) is 5.56 Å². The molecule has 0 aliphatic rings. The zero-order valence-corrected chi connectivity index (χ0v) is 10.7. The largest absolute Gasteiger partial charge is 0.304 e. The second-order valence-electron chi connectivity index (χ2n) is 4.28. The summed E-state index contributed by atoms with van der Waals surface area (Å²) in [6, 6.07) is 9.36. The van der Waals surface area contributed by atoms with Crippen LogP contribution in [0.15, 0.2) is 42.6 Å². The number of carbonyl (C=O) groups is 1. The number of aromatic nitrogens is 3. The van der Waals surface area contributed by atoms with Crippen molar-refractivity contribution in [3.05, 3.63) is 54.0 Å². The van der Waals surface area contributed by atoms with E-state index in [0.717, 1.165) is 0 Å². The molecule has 0 saturated carbocycles. The van der Waals surface area contributed by atoms with Gasteiger partial charge < -0.3 is 5.32 Å². The number of nitrogens with one attached hydrogen (secondary N) is 1. The Labute approximate surface area is 114 Å². The number of pyridine rings is 1. The minimum Gasteiger partial charge on any atom is -0.304 e. The van der Waals surface area contributed by atoms with Gasteiger partial charge in [0.1, 0.15) is 5.82 Å². The van der Waals surface area contributed by atoms with Crippen LogP contribution in [0.25, 0.3) is 11.0 Å². The Bertz CT molecular complexity index is 797. The Morgan fingerprint density at radius 3 is 2.85 bits per heavy atom. The van der Waals surface area contributed by atoms with E-state index in [9.17, 15) is 9.18 Å². The molecule has 0 fully saturated rings. The van der Waals surface area contributed by atoms with Crippen molar-refractivity contribution in [2.24, 2.45) is 7.05 Å². The molecule has 1 amide bonds. The molecule has 3 aromatic rings. The molecule has 0 radical (unpaired) electrons. The molecule has 1 aromatic carbocycles. The fourth-order valence-corrected chi connectivity index (χ4v) is 2.00. The lowest BCUT2D eigenvalue weighted by molar-refractivity contribution is 0.102. The van der Waals surface area contributed by atoms with E-state index < -0.39 is 11.7 Å². The summed E-state index contributed by atoms with van der Waals surface area (Å²) in [4.78, 5) is 16.2. The van der Waals surface area contributed by atoms with Crippen LogP contribution < -0.4 is 5.32 Å². The lowest BCUT2D eigenvalue weighted by Gasteiger charge is -2.03. The summed E-state index contributed by atoms with van der Waals surface area (Å²) in [6.45, 7) is 0. The van der Waals surface area contributed by atoms with Crippen LogP contribution >= 0.6 is 0 Å². The quantitative estimate of drug-likeness (QED) is 0.777. The molecule has 0 unspecified atom stereocenters. The third-order valence-corrected chi connectivity index (χ3v) is 2.95. The summed E-state index contributed by atoms with van der Waals surface area (Å²) in [5.74, 6) is -0.737. The van der Waals surface area contributed by atoms with Crippen molar-refractivity contribution in [3.8, 4) is 0 Å². The molecule has 100 valence electrons. The fourth-order valence-electron chi connectivity index (χ4n) is 2.00. The first-order valence-electron chi connectivity index (χ1n) is 6.00. The normalized spacial score (nSPS) is 10.7. The predicted octanol–water partition coefficient (Wildman–Crippen LogP) is 2.36. The second kappa shape index (κ2) is 4.73. The van der Waals surface area contributed by atoms with Crippen molar-refractivity contribution in [1.29, 1.82) is 0 Å². The Morgan fingerprint density at radius 1 is 1.25 bits per heavy atom. The van der Waals surface area contributed by atoms with E-state index in [0.29, 0.717) is 16.9 Å². The number of rotatable bonds is 2. The molecule has 0 bridgehead atoms. The van der Waals surface area contributed by atoms with E-state index in [1.54, 1.807) is 36.1 Å². The number of amides is 1. The zero-order valence-electron chi connectivity index (χ0n) is 10.7. The Balaban J connectivity index is 1.98. The van der Waals surface area contributed by atoms with Gasteiger partial charge in [0.25, 0.3) is 5.91 Å². The van der Waals surface area contributed by atoms with Gasteiger partial charge in [0.15, 0.2) is 11.5 Å². The van der Waals surface area contributed by atoms with Crippen LogP contribution in [0, 0.1) is 5.82 Å². The predicted molar refractivity (Wildman–Crippen MR) is 72.9 cm³/mol. The standard InChI is InChI=1S/C14H11FN4O/c1-19-13-10(6-4-8-16-13)12(18-19)17-14(20)9-5-2-3-7-11(9)15/h2-8H,1H3,(H,17,18,20). The number of hydrogen-bond acceptors (Lipinski definition) is 3. The van der Waals surface area contributed by atoms with Crippen LogP contribution in [0.3, 0.4) is 0 Å². The number of nitrogens with zero attached hydrogens (tertiary/aromatic N) is 3. The average molecular weight is 270 g/mol. The van der Waals surface area contributed by atoms with Crippen molar-refractivity contribution >= 4 is 22.8 Å². The van der Waals surface area contributed by atoms with E-state index in [2.05, 4.69) is 15.4 Å². The number of hydrogen-bond donors (Lipinski definition) is 1. The van der Waals surface area contributed by atoms with Gasteiger partial charge in [0.2, 0.25) is 0 Å². The highest BCUT2D eigenvalue weighted by Crippen LogP contribution is 2.20. The second-order valence-corrected chi connectivity index (χ2v) is 4.28. The molecule has 0 spiro atoms. The van der Waals surface area contributed by atoms with Gasteiger partial charge in [0.05, 0.1) is 10.9 Å². The molecule has 0 aliphatic carbocycles. The maximum absolute atomic E-state index is 13.6. The van der Waals surface area contributed by atoms with Gasteiger partial charge in [0, 0.05) is 13.2 Å². The molecule has 6 heteroatoms. The van der Waals surface area contributed by atoms with Crippen molar-refractivity contribution in [3.63, 3.8) is 0 Å². The number of anilines is 1. The van der Waals surface area contributed by atoms with E-state index >= 15 is 0 Å². The molecule has 0 saturated heterocycles. The minimum atomic E-state index is -0.566.